The summed E-state index contributed by atoms with van der Waals surface area (Å²) in [5, 5.41) is 13.9. The SMILES string of the molecule is O=P(c1ccc2cc3c4c(cccc4c2c1)-c1c-3c(-c2ccccc2)c2ccccc2c1-c1ccccc1)(c1cccc2ccccc12)c1cccc2ccccc12. The molecule has 11 aromatic rings. The van der Waals surface area contributed by atoms with Gasteiger partial charge in [0, 0.05) is 15.9 Å². The van der Waals surface area contributed by atoms with Crippen LogP contribution in [0.15, 0.2) is 212 Å². The Morgan fingerprint density at radius 2 is 0.759 bits per heavy atom. The van der Waals surface area contributed by atoms with E-state index in [1.165, 1.54) is 66.1 Å². The molecule has 0 bridgehead atoms. The molecular weight excluding hydrogens is 720 g/mol. The molecule has 58 heavy (non-hydrogen) atoms. The first kappa shape index (κ1) is 33.1. The lowest BCUT2D eigenvalue weighted by Crippen LogP contribution is -2.26. The number of rotatable bonds is 5. The Kier molecular flexibility index (Phi) is 7.27. The molecule has 2 heteroatoms. The van der Waals surface area contributed by atoms with E-state index in [0.717, 1.165) is 48.2 Å². The van der Waals surface area contributed by atoms with E-state index in [1.807, 2.05) is 0 Å². The molecule has 0 heterocycles. The van der Waals surface area contributed by atoms with Crippen LogP contribution in [0.2, 0.25) is 0 Å². The van der Waals surface area contributed by atoms with Gasteiger partial charge in [0.1, 0.15) is 0 Å². The van der Waals surface area contributed by atoms with Crippen molar-refractivity contribution in [2.45, 2.75) is 0 Å². The topological polar surface area (TPSA) is 17.1 Å². The van der Waals surface area contributed by atoms with Crippen LogP contribution in [-0.2, 0) is 4.57 Å². The molecule has 0 N–H and O–H groups in total. The smallest absolute Gasteiger partial charge is 0.172 e. The maximum atomic E-state index is 16.7. The Morgan fingerprint density at radius 1 is 0.293 bits per heavy atom. The van der Waals surface area contributed by atoms with Crippen molar-refractivity contribution in [3.8, 4) is 44.5 Å². The van der Waals surface area contributed by atoms with Crippen molar-refractivity contribution >= 4 is 76.9 Å². The molecular formula is C56H35OP. The molecule has 12 rings (SSSR count). The number of fused-ring (bicyclic) bond motifs is 8. The van der Waals surface area contributed by atoms with Gasteiger partial charge in [0.15, 0.2) is 7.14 Å². The Labute approximate surface area is 336 Å². The molecule has 0 atom stereocenters. The second-order valence-electron chi connectivity index (χ2n) is 15.4. The molecule has 0 aliphatic heterocycles. The molecule has 0 radical (unpaired) electrons. The summed E-state index contributed by atoms with van der Waals surface area (Å²) in [7, 11) is -3.44. The minimum atomic E-state index is -3.44. The molecule has 270 valence electrons. The molecule has 0 saturated carbocycles. The molecule has 0 saturated heterocycles. The average molecular weight is 755 g/mol. The predicted octanol–water partition coefficient (Wildman–Crippen LogP) is 14.1. The van der Waals surface area contributed by atoms with Crippen molar-refractivity contribution in [2.75, 3.05) is 0 Å². The lowest BCUT2D eigenvalue weighted by molar-refractivity contribution is 0.593. The van der Waals surface area contributed by atoms with Crippen LogP contribution < -0.4 is 15.9 Å². The number of hydrogen-bond donors (Lipinski definition) is 0. The number of hydrogen-bond acceptors (Lipinski definition) is 1. The Hall–Kier alpha value is -7.05. The van der Waals surface area contributed by atoms with E-state index in [-0.39, 0.29) is 0 Å². The quantitative estimate of drug-likeness (QED) is 0.126. The van der Waals surface area contributed by atoms with Gasteiger partial charge in [0.05, 0.1) is 0 Å². The highest BCUT2D eigenvalue weighted by atomic mass is 31.2. The van der Waals surface area contributed by atoms with E-state index >= 15 is 4.57 Å². The second-order valence-corrected chi connectivity index (χ2v) is 18.1. The van der Waals surface area contributed by atoms with Crippen molar-refractivity contribution in [1.82, 2.24) is 0 Å². The summed E-state index contributed by atoms with van der Waals surface area (Å²) >= 11 is 0. The predicted molar refractivity (Wildman–Crippen MR) is 249 cm³/mol. The standard InChI is InChI=1S/C56H35OP/c57-58(50-30-13-22-36-16-7-9-24-42(36)50,51-31-14-23-37-17-8-10-25-43(37)51)41-33-32-40-34-49-54-46(48(40)35-41)28-15-29-47(54)55-52(38-18-3-1-4-19-38)44-26-11-12-27-45(44)53(56(49)55)39-20-5-2-6-21-39/h1-35H. The zero-order chi connectivity index (χ0) is 38.4. The van der Waals surface area contributed by atoms with Crippen molar-refractivity contribution in [2.24, 2.45) is 0 Å². The summed E-state index contributed by atoms with van der Waals surface area (Å²) in [6.45, 7) is 0. The summed E-state index contributed by atoms with van der Waals surface area (Å²) < 4.78 is 16.7. The summed E-state index contributed by atoms with van der Waals surface area (Å²) in [6.07, 6.45) is 0. The lowest BCUT2D eigenvalue weighted by Gasteiger charge is -2.24. The molecule has 0 amide bonds. The summed E-state index contributed by atoms with van der Waals surface area (Å²) in [5.41, 5.74) is 9.97. The van der Waals surface area contributed by atoms with Gasteiger partial charge in [-0.1, -0.05) is 200 Å². The first-order chi connectivity index (χ1) is 28.7. The molecule has 0 unspecified atom stereocenters. The van der Waals surface area contributed by atoms with E-state index in [9.17, 15) is 0 Å². The van der Waals surface area contributed by atoms with Gasteiger partial charge in [0.25, 0.3) is 0 Å². The number of benzene rings is 11. The van der Waals surface area contributed by atoms with Crippen molar-refractivity contribution in [3.05, 3.63) is 212 Å². The van der Waals surface area contributed by atoms with Crippen LogP contribution in [0.1, 0.15) is 0 Å². The maximum Gasteiger partial charge on any atom is 0.172 e. The summed E-state index contributed by atoms with van der Waals surface area (Å²) in [5.74, 6) is 0. The van der Waals surface area contributed by atoms with Crippen molar-refractivity contribution < 1.29 is 4.57 Å². The van der Waals surface area contributed by atoms with E-state index in [4.69, 9.17) is 0 Å². The third kappa shape index (κ3) is 4.69. The summed E-state index contributed by atoms with van der Waals surface area (Å²) in [4.78, 5) is 0. The van der Waals surface area contributed by atoms with E-state index in [2.05, 4.69) is 212 Å². The first-order valence-electron chi connectivity index (χ1n) is 20.0. The van der Waals surface area contributed by atoms with Gasteiger partial charge < -0.3 is 4.57 Å². The first-order valence-corrected chi connectivity index (χ1v) is 21.7. The van der Waals surface area contributed by atoms with Crippen LogP contribution in [0.3, 0.4) is 0 Å². The van der Waals surface area contributed by atoms with Gasteiger partial charge in [-0.3, -0.25) is 0 Å². The fourth-order valence-corrected chi connectivity index (χ4v) is 13.0. The highest BCUT2D eigenvalue weighted by molar-refractivity contribution is 7.86. The third-order valence-corrected chi connectivity index (χ3v) is 15.6. The average Bonchev–Trinajstić information content (AvgIpc) is 3.62. The lowest BCUT2D eigenvalue weighted by atomic mass is 9.82. The van der Waals surface area contributed by atoms with Gasteiger partial charge >= 0.3 is 0 Å². The van der Waals surface area contributed by atoms with Crippen LogP contribution in [0.4, 0.5) is 0 Å². The van der Waals surface area contributed by atoms with Gasteiger partial charge in [-0.2, -0.15) is 0 Å². The molecule has 0 aromatic heterocycles. The fraction of sp³-hybridized carbons (Fsp3) is 0. The van der Waals surface area contributed by atoms with E-state index in [0.29, 0.717) is 0 Å². The Balaban J connectivity index is 1.20. The molecule has 1 aliphatic carbocycles. The maximum absolute atomic E-state index is 16.7. The van der Waals surface area contributed by atoms with Crippen LogP contribution in [0.5, 0.6) is 0 Å². The van der Waals surface area contributed by atoms with Crippen LogP contribution in [0.25, 0.3) is 98.4 Å². The molecule has 1 aliphatic rings. The minimum absolute atomic E-state index is 0.838. The highest BCUT2D eigenvalue weighted by Crippen LogP contribution is 2.59. The van der Waals surface area contributed by atoms with Crippen molar-refractivity contribution in [1.29, 1.82) is 0 Å². The molecule has 0 fully saturated rings. The largest absolute Gasteiger partial charge is 0.309 e. The minimum Gasteiger partial charge on any atom is -0.309 e. The third-order valence-electron chi connectivity index (χ3n) is 12.4. The Morgan fingerprint density at radius 3 is 1.34 bits per heavy atom. The molecule has 0 spiro atoms. The van der Waals surface area contributed by atoms with E-state index < -0.39 is 7.14 Å². The van der Waals surface area contributed by atoms with Gasteiger partial charge in [-0.15, -0.1) is 0 Å². The van der Waals surface area contributed by atoms with Crippen LogP contribution in [0, 0.1) is 0 Å². The monoisotopic (exact) mass is 754 g/mol. The second kappa shape index (κ2) is 12.7. The van der Waals surface area contributed by atoms with Gasteiger partial charge in [0.2, 0.25) is 0 Å². The van der Waals surface area contributed by atoms with E-state index in [1.54, 1.807) is 0 Å². The normalized spacial score (nSPS) is 12.2. The van der Waals surface area contributed by atoms with Crippen LogP contribution in [-0.4, -0.2) is 0 Å². The van der Waals surface area contributed by atoms with Crippen molar-refractivity contribution in [3.63, 3.8) is 0 Å². The van der Waals surface area contributed by atoms with Gasteiger partial charge in [-0.05, 0) is 111 Å². The zero-order valence-corrected chi connectivity index (χ0v) is 32.5. The Bertz CT molecular complexity index is 3440. The zero-order valence-electron chi connectivity index (χ0n) is 31.6. The van der Waals surface area contributed by atoms with Gasteiger partial charge in [-0.25, -0.2) is 0 Å². The van der Waals surface area contributed by atoms with Crippen LogP contribution >= 0.6 is 7.14 Å². The summed E-state index contributed by atoms with van der Waals surface area (Å²) in [6, 6.07) is 75.7. The molecule has 1 nitrogen and oxygen atoms in total. The molecule has 11 aromatic carbocycles. The fourth-order valence-electron chi connectivity index (χ4n) is 9.96. The highest BCUT2D eigenvalue weighted by Gasteiger charge is 2.35.